The fourth-order valence-corrected chi connectivity index (χ4v) is 3.29. The fourth-order valence-electron chi connectivity index (χ4n) is 3.09. The highest BCUT2D eigenvalue weighted by molar-refractivity contribution is 6.32. The smallest absolute Gasteiger partial charge is 0.257 e. The van der Waals surface area contributed by atoms with Crippen LogP contribution in [-0.4, -0.2) is 50.9 Å². The zero-order valence-electron chi connectivity index (χ0n) is 18.1. The molecule has 170 valence electrons. The molecule has 1 fully saturated rings. The van der Waals surface area contributed by atoms with E-state index in [0.717, 1.165) is 19.5 Å². The quantitative estimate of drug-likeness (QED) is 0.554. The third-order valence-corrected chi connectivity index (χ3v) is 5.00. The van der Waals surface area contributed by atoms with Gasteiger partial charge in [0.25, 0.3) is 11.8 Å². The van der Waals surface area contributed by atoms with Gasteiger partial charge >= 0.3 is 0 Å². The molecule has 1 N–H and O–H groups in total. The summed E-state index contributed by atoms with van der Waals surface area (Å²) >= 11 is 6.34. The van der Waals surface area contributed by atoms with Gasteiger partial charge in [-0.15, -0.1) is 0 Å². The molecule has 1 aromatic carbocycles. The van der Waals surface area contributed by atoms with Gasteiger partial charge in [0.2, 0.25) is 5.88 Å². The predicted molar refractivity (Wildman–Crippen MR) is 122 cm³/mol. The molecule has 0 unspecified atom stereocenters. The number of aromatic nitrogens is 3. The molecule has 3 aromatic rings. The summed E-state index contributed by atoms with van der Waals surface area (Å²) in [6.07, 6.45) is 6.74. The van der Waals surface area contributed by atoms with E-state index in [1.807, 2.05) is 13.8 Å². The number of carbonyl (C=O) groups is 2. The Labute approximate surface area is 195 Å². The van der Waals surface area contributed by atoms with Crippen LogP contribution < -0.4 is 14.8 Å². The van der Waals surface area contributed by atoms with E-state index in [1.165, 1.54) is 36.9 Å². The molecule has 3 heterocycles. The molecular weight excluding hydrogens is 446 g/mol. The number of amides is 2. The molecule has 0 aliphatic carbocycles. The lowest BCUT2D eigenvalue weighted by atomic mass is 10.1. The number of rotatable bonds is 7. The Morgan fingerprint density at radius 1 is 1.03 bits per heavy atom. The van der Waals surface area contributed by atoms with Crippen LogP contribution in [-0.2, 0) is 0 Å². The van der Waals surface area contributed by atoms with Gasteiger partial charge in [-0.3, -0.25) is 14.6 Å². The Morgan fingerprint density at radius 2 is 1.82 bits per heavy atom. The van der Waals surface area contributed by atoms with Gasteiger partial charge in [-0.25, -0.2) is 9.97 Å². The summed E-state index contributed by atoms with van der Waals surface area (Å²) in [7, 11) is 0. The summed E-state index contributed by atoms with van der Waals surface area (Å²) in [5.41, 5.74) is 0.683. The molecule has 0 bridgehead atoms. The lowest BCUT2D eigenvalue weighted by Gasteiger charge is -2.30. The van der Waals surface area contributed by atoms with Gasteiger partial charge in [-0.1, -0.05) is 11.6 Å². The average Bonchev–Trinajstić information content (AvgIpc) is 2.74. The number of hydrogen-bond acceptors (Lipinski definition) is 7. The number of pyridine rings is 1. The van der Waals surface area contributed by atoms with Crippen molar-refractivity contribution < 1.29 is 19.1 Å². The van der Waals surface area contributed by atoms with Crippen molar-refractivity contribution in [2.45, 2.75) is 26.4 Å². The van der Waals surface area contributed by atoms with Gasteiger partial charge in [0.05, 0.1) is 17.9 Å². The highest BCUT2D eigenvalue weighted by atomic mass is 35.5. The topological polar surface area (TPSA) is 107 Å². The number of carbonyl (C=O) groups excluding carboxylic acids is 2. The van der Waals surface area contributed by atoms with Gasteiger partial charge < -0.3 is 19.7 Å². The number of likely N-dealkylation sites (tertiary alicyclic amines) is 1. The standard InChI is InChI=1S/C23H22ClN5O4/c1-14(2)32-17-8-15(21(30)28-20-13-25-4-5-26-20)9-18(11-17)33-22-19(24)10-16(12-27-22)23(31)29-6-3-7-29/h4-5,8-14H,3,6-7H2,1-2H3,(H,26,28,30). The average molecular weight is 468 g/mol. The van der Waals surface area contributed by atoms with Crippen molar-refractivity contribution in [1.82, 2.24) is 19.9 Å². The molecular formula is C23H22ClN5O4. The lowest BCUT2D eigenvalue weighted by molar-refractivity contribution is 0.0651. The number of anilines is 1. The molecule has 0 saturated carbocycles. The lowest BCUT2D eigenvalue weighted by Crippen LogP contribution is -2.42. The molecule has 2 aromatic heterocycles. The number of benzene rings is 1. The van der Waals surface area contributed by atoms with Gasteiger partial charge in [0.1, 0.15) is 16.5 Å². The minimum Gasteiger partial charge on any atom is -0.491 e. The van der Waals surface area contributed by atoms with Crippen molar-refractivity contribution in [3.05, 3.63) is 65.2 Å². The molecule has 0 spiro atoms. The Kier molecular flexibility index (Phi) is 6.69. The molecule has 0 radical (unpaired) electrons. The van der Waals surface area contributed by atoms with Crippen molar-refractivity contribution in [3.63, 3.8) is 0 Å². The second-order valence-corrected chi connectivity index (χ2v) is 8.07. The van der Waals surface area contributed by atoms with Crippen molar-refractivity contribution >= 4 is 29.2 Å². The van der Waals surface area contributed by atoms with E-state index in [0.29, 0.717) is 22.9 Å². The van der Waals surface area contributed by atoms with Crippen LogP contribution >= 0.6 is 11.6 Å². The van der Waals surface area contributed by atoms with Crippen molar-refractivity contribution in [2.24, 2.45) is 0 Å². The summed E-state index contributed by atoms with van der Waals surface area (Å²) in [6.45, 7) is 5.21. The maximum atomic E-state index is 12.8. The van der Waals surface area contributed by atoms with E-state index in [1.54, 1.807) is 17.0 Å². The van der Waals surface area contributed by atoms with Gasteiger partial charge in [-0.05, 0) is 38.5 Å². The monoisotopic (exact) mass is 467 g/mol. The molecule has 33 heavy (non-hydrogen) atoms. The van der Waals surface area contributed by atoms with E-state index >= 15 is 0 Å². The minimum atomic E-state index is -0.413. The number of hydrogen-bond donors (Lipinski definition) is 1. The molecule has 9 nitrogen and oxygen atoms in total. The third kappa shape index (κ3) is 5.56. The van der Waals surface area contributed by atoms with E-state index in [4.69, 9.17) is 21.1 Å². The zero-order chi connectivity index (χ0) is 23.4. The number of halogens is 1. The Hall–Kier alpha value is -3.72. The summed E-state index contributed by atoms with van der Waals surface area (Å²) < 4.78 is 11.6. The normalized spacial score (nSPS) is 12.8. The number of ether oxygens (including phenoxy) is 2. The molecule has 4 rings (SSSR count). The van der Waals surface area contributed by atoms with E-state index in [2.05, 4.69) is 20.3 Å². The highest BCUT2D eigenvalue weighted by Crippen LogP contribution is 2.32. The van der Waals surface area contributed by atoms with E-state index < -0.39 is 5.91 Å². The predicted octanol–water partition coefficient (Wildman–Crippen LogP) is 4.20. The fraction of sp³-hybridized carbons (Fsp3) is 0.261. The highest BCUT2D eigenvalue weighted by Gasteiger charge is 2.23. The summed E-state index contributed by atoms with van der Waals surface area (Å²) in [5, 5.41) is 2.86. The molecule has 1 saturated heterocycles. The molecule has 0 atom stereocenters. The molecule has 10 heteroatoms. The van der Waals surface area contributed by atoms with Crippen LogP contribution in [0.15, 0.2) is 49.1 Å². The zero-order valence-corrected chi connectivity index (χ0v) is 18.9. The van der Waals surface area contributed by atoms with Crippen LogP contribution in [0.25, 0.3) is 0 Å². The maximum absolute atomic E-state index is 12.8. The summed E-state index contributed by atoms with van der Waals surface area (Å²) in [5.74, 6) is 0.633. The molecule has 2 amide bonds. The van der Waals surface area contributed by atoms with E-state index in [-0.39, 0.29) is 28.5 Å². The second kappa shape index (κ2) is 9.83. The van der Waals surface area contributed by atoms with Crippen molar-refractivity contribution in [3.8, 4) is 17.4 Å². The van der Waals surface area contributed by atoms with Crippen LogP contribution in [0.1, 0.15) is 41.0 Å². The first-order valence-corrected chi connectivity index (χ1v) is 10.8. The van der Waals surface area contributed by atoms with Crippen LogP contribution in [0.5, 0.6) is 17.4 Å². The van der Waals surface area contributed by atoms with Gasteiger partial charge in [0, 0.05) is 43.3 Å². The van der Waals surface area contributed by atoms with Crippen LogP contribution in [0.3, 0.4) is 0 Å². The van der Waals surface area contributed by atoms with Crippen LogP contribution in [0, 0.1) is 0 Å². The van der Waals surface area contributed by atoms with Gasteiger partial charge in [-0.2, -0.15) is 0 Å². The first kappa shape index (κ1) is 22.5. The second-order valence-electron chi connectivity index (χ2n) is 7.66. The first-order chi connectivity index (χ1) is 15.9. The summed E-state index contributed by atoms with van der Waals surface area (Å²) in [4.78, 5) is 39.1. The molecule has 1 aliphatic heterocycles. The number of nitrogens with one attached hydrogen (secondary N) is 1. The molecule has 1 aliphatic rings. The number of nitrogens with zero attached hydrogens (tertiary/aromatic N) is 4. The summed E-state index contributed by atoms with van der Waals surface area (Å²) in [6, 6.07) is 6.30. The van der Waals surface area contributed by atoms with E-state index in [9.17, 15) is 9.59 Å². The van der Waals surface area contributed by atoms with Crippen LogP contribution in [0.4, 0.5) is 5.82 Å². The van der Waals surface area contributed by atoms with Crippen molar-refractivity contribution in [1.29, 1.82) is 0 Å². The van der Waals surface area contributed by atoms with Gasteiger partial charge in [0.15, 0.2) is 5.82 Å². The Bertz CT molecular complexity index is 1170. The Morgan fingerprint density at radius 3 is 2.45 bits per heavy atom. The Balaban J connectivity index is 1.57. The maximum Gasteiger partial charge on any atom is 0.257 e. The third-order valence-electron chi connectivity index (χ3n) is 4.73. The largest absolute Gasteiger partial charge is 0.491 e. The first-order valence-electron chi connectivity index (χ1n) is 10.4. The van der Waals surface area contributed by atoms with Crippen molar-refractivity contribution in [2.75, 3.05) is 18.4 Å². The SMILES string of the molecule is CC(C)Oc1cc(Oc2ncc(C(=O)N3CCC3)cc2Cl)cc(C(=O)Nc2cnccn2)c1. The van der Waals surface area contributed by atoms with Crippen LogP contribution in [0.2, 0.25) is 5.02 Å². The minimum absolute atomic E-state index is 0.110.